The minimum absolute atomic E-state index is 0.102. The van der Waals surface area contributed by atoms with Gasteiger partial charge in [0.25, 0.3) is 0 Å². The zero-order chi connectivity index (χ0) is 23.2. The highest BCUT2D eigenvalue weighted by Crippen LogP contribution is 2.33. The first-order valence-corrected chi connectivity index (χ1v) is 10.9. The Bertz CT molecular complexity index is 1030. The van der Waals surface area contributed by atoms with Crippen molar-refractivity contribution in [2.24, 2.45) is 5.16 Å². The van der Waals surface area contributed by atoms with Crippen molar-refractivity contribution in [2.45, 2.75) is 32.4 Å². The maximum atomic E-state index is 13.3. The van der Waals surface area contributed by atoms with Crippen molar-refractivity contribution in [2.75, 3.05) is 18.1 Å². The first-order valence-electron chi connectivity index (χ1n) is 9.13. The summed E-state index contributed by atoms with van der Waals surface area (Å²) in [5.41, 5.74) is -3.73. The van der Waals surface area contributed by atoms with E-state index >= 15 is 0 Å². The molecule has 11 heteroatoms. The van der Waals surface area contributed by atoms with Gasteiger partial charge < -0.3 is 9.57 Å². The van der Waals surface area contributed by atoms with Crippen LogP contribution in [-0.4, -0.2) is 33.5 Å². The Kier molecular flexibility index (Phi) is 8.33. The summed E-state index contributed by atoms with van der Waals surface area (Å²) in [7, 11) is -4.59. The number of aryl methyl sites for hydroxylation is 1. The maximum Gasteiger partial charge on any atom is 0.516 e. The first-order chi connectivity index (χ1) is 14.5. The van der Waals surface area contributed by atoms with E-state index in [9.17, 15) is 21.6 Å². The van der Waals surface area contributed by atoms with Crippen LogP contribution in [0.3, 0.4) is 0 Å². The fraction of sp³-hybridized carbons (Fsp3) is 0.350. The average molecular weight is 479 g/mol. The molecule has 170 valence electrons. The van der Waals surface area contributed by atoms with Crippen LogP contribution in [0.25, 0.3) is 0 Å². The summed E-state index contributed by atoms with van der Waals surface area (Å²) < 4.78 is 69.0. The van der Waals surface area contributed by atoms with Crippen LogP contribution < -0.4 is 4.31 Å². The summed E-state index contributed by atoms with van der Waals surface area (Å²) >= 11 is 5.84. The van der Waals surface area contributed by atoms with Gasteiger partial charge in [-0.1, -0.05) is 47.4 Å². The van der Waals surface area contributed by atoms with Crippen molar-refractivity contribution in [1.29, 1.82) is 0 Å². The smallest absolute Gasteiger partial charge is 0.391 e. The van der Waals surface area contributed by atoms with Gasteiger partial charge in [0.2, 0.25) is 0 Å². The lowest BCUT2D eigenvalue weighted by Gasteiger charge is -2.27. The monoisotopic (exact) mass is 478 g/mol. The number of anilines is 1. The summed E-state index contributed by atoms with van der Waals surface area (Å²) in [6, 6.07) is 11.2. The summed E-state index contributed by atoms with van der Waals surface area (Å²) in [6.07, 6.45) is 0.282. The number of ether oxygens (including phenoxy) is 1. The quantitative estimate of drug-likeness (QED) is 0.281. The summed E-state index contributed by atoms with van der Waals surface area (Å²) in [5.74, 6) is 0. The molecule has 0 aliphatic carbocycles. The SMILES string of the molecule is CC/C(=N\OCc1ccc(Cl)cc1)c1cc(C)ccc1N(COC)S(=O)(=O)C(F)(F)F. The van der Waals surface area contributed by atoms with E-state index in [-0.39, 0.29) is 34.3 Å². The highest BCUT2D eigenvalue weighted by atomic mass is 35.5. The van der Waals surface area contributed by atoms with Crippen molar-refractivity contribution in [3.05, 3.63) is 64.2 Å². The molecular formula is C20H22ClF3N2O4S. The molecule has 0 N–H and O–H groups in total. The lowest BCUT2D eigenvalue weighted by molar-refractivity contribution is -0.0443. The van der Waals surface area contributed by atoms with E-state index in [2.05, 4.69) is 5.16 Å². The van der Waals surface area contributed by atoms with E-state index < -0.39 is 22.3 Å². The van der Waals surface area contributed by atoms with E-state index in [0.717, 1.165) is 12.7 Å². The van der Waals surface area contributed by atoms with Gasteiger partial charge in [-0.05, 0) is 43.2 Å². The van der Waals surface area contributed by atoms with Gasteiger partial charge in [-0.15, -0.1) is 0 Å². The van der Waals surface area contributed by atoms with Crippen LogP contribution in [0.2, 0.25) is 5.02 Å². The number of sulfonamides is 1. The molecule has 0 heterocycles. The molecule has 0 fully saturated rings. The van der Waals surface area contributed by atoms with Crippen LogP contribution in [0.15, 0.2) is 47.6 Å². The largest absolute Gasteiger partial charge is 0.516 e. The molecule has 0 aromatic heterocycles. The molecule has 2 aromatic carbocycles. The third-order valence-corrected chi connectivity index (χ3v) is 5.93. The third-order valence-electron chi connectivity index (χ3n) is 4.21. The topological polar surface area (TPSA) is 68.2 Å². The van der Waals surface area contributed by atoms with Crippen molar-refractivity contribution in [3.63, 3.8) is 0 Å². The van der Waals surface area contributed by atoms with E-state index in [1.165, 1.54) is 12.1 Å². The van der Waals surface area contributed by atoms with E-state index in [4.69, 9.17) is 21.2 Å². The molecule has 0 atom stereocenters. The van der Waals surface area contributed by atoms with Crippen molar-refractivity contribution in [3.8, 4) is 0 Å². The van der Waals surface area contributed by atoms with Crippen molar-refractivity contribution in [1.82, 2.24) is 0 Å². The Morgan fingerprint density at radius 2 is 1.81 bits per heavy atom. The first kappa shape index (κ1) is 25.0. The molecule has 0 saturated heterocycles. The summed E-state index contributed by atoms with van der Waals surface area (Å²) in [4.78, 5) is 5.38. The number of hydrogen-bond donors (Lipinski definition) is 0. The molecule has 6 nitrogen and oxygen atoms in total. The van der Waals surface area contributed by atoms with Gasteiger partial charge in [0.05, 0.1) is 11.4 Å². The fourth-order valence-electron chi connectivity index (χ4n) is 2.68. The number of alkyl halides is 3. The summed E-state index contributed by atoms with van der Waals surface area (Å²) in [5, 5.41) is 4.62. The van der Waals surface area contributed by atoms with Gasteiger partial charge in [-0.2, -0.15) is 21.6 Å². The number of benzene rings is 2. The molecule has 0 spiro atoms. The number of oxime groups is 1. The lowest BCUT2D eigenvalue weighted by atomic mass is 10.0. The molecule has 0 aliphatic rings. The Morgan fingerprint density at radius 1 is 1.16 bits per heavy atom. The number of hydrogen-bond acceptors (Lipinski definition) is 5. The van der Waals surface area contributed by atoms with Crippen LogP contribution in [0.1, 0.15) is 30.0 Å². The minimum atomic E-state index is -5.70. The van der Waals surface area contributed by atoms with Gasteiger partial charge in [-0.25, -0.2) is 4.31 Å². The number of rotatable bonds is 9. The van der Waals surface area contributed by atoms with Gasteiger partial charge >= 0.3 is 15.5 Å². The molecule has 0 amide bonds. The van der Waals surface area contributed by atoms with E-state index in [1.807, 2.05) is 0 Å². The molecular weight excluding hydrogens is 457 g/mol. The molecule has 2 rings (SSSR count). The van der Waals surface area contributed by atoms with Gasteiger partial charge in [-0.3, -0.25) is 0 Å². The van der Waals surface area contributed by atoms with E-state index in [0.29, 0.717) is 10.6 Å². The van der Waals surface area contributed by atoms with Gasteiger partial charge in [0.1, 0.15) is 13.3 Å². The van der Waals surface area contributed by atoms with Crippen LogP contribution >= 0.6 is 11.6 Å². The second-order valence-corrected chi connectivity index (χ2v) is 8.82. The highest BCUT2D eigenvalue weighted by Gasteiger charge is 2.50. The molecule has 0 saturated carbocycles. The molecule has 2 aromatic rings. The van der Waals surface area contributed by atoms with Crippen LogP contribution in [0.4, 0.5) is 18.9 Å². The summed E-state index contributed by atoms with van der Waals surface area (Å²) in [6.45, 7) is 2.74. The van der Waals surface area contributed by atoms with Crippen LogP contribution in [-0.2, 0) is 26.2 Å². The Balaban J connectivity index is 2.46. The zero-order valence-corrected chi connectivity index (χ0v) is 18.7. The number of methoxy groups -OCH3 is 1. The maximum absolute atomic E-state index is 13.3. The second-order valence-electron chi connectivity index (χ2n) is 6.53. The van der Waals surface area contributed by atoms with Gasteiger partial charge in [0.15, 0.2) is 0 Å². The second kappa shape index (κ2) is 10.3. The Labute approximate surface area is 184 Å². The standard InChI is InChI=1S/C20H22ClF3N2O4S/c1-4-18(25-30-12-15-6-8-16(21)9-7-15)17-11-14(2)5-10-19(17)26(13-29-3)31(27,28)20(22,23)24/h5-11H,4,12-13H2,1-3H3/b25-18+. The van der Waals surface area contributed by atoms with Crippen molar-refractivity contribution >= 4 is 33.0 Å². The predicted octanol–water partition coefficient (Wildman–Crippen LogP) is 5.24. The zero-order valence-electron chi connectivity index (χ0n) is 17.1. The predicted molar refractivity (Wildman–Crippen MR) is 114 cm³/mol. The van der Waals surface area contributed by atoms with Gasteiger partial charge in [0, 0.05) is 17.7 Å². The molecule has 0 unspecified atom stereocenters. The van der Waals surface area contributed by atoms with Crippen LogP contribution in [0, 0.1) is 6.92 Å². The highest BCUT2D eigenvalue weighted by molar-refractivity contribution is 7.93. The fourth-order valence-corrected chi connectivity index (χ4v) is 3.72. The van der Waals surface area contributed by atoms with Crippen LogP contribution in [0.5, 0.6) is 0 Å². The van der Waals surface area contributed by atoms with Crippen molar-refractivity contribution < 1.29 is 31.2 Å². The lowest BCUT2D eigenvalue weighted by Crippen LogP contribution is -2.42. The molecule has 0 aliphatic heterocycles. The van der Waals surface area contributed by atoms with E-state index in [1.54, 1.807) is 44.2 Å². The molecule has 31 heavy (non-hydrogen) atoms. The minimum Gasteiger partial charge on any atom is -0.391 e. The Hall–Kier alpha value is -2.30. The average Bonchev–Trinajstić information content (AvgIpc) is 2.70. The number of halogens is 4. The third kappa shape index (κ3) is 6.11. The molecule has 0 bridgehead atoms. The Morgan fingerprint density at radius 3 is 2.35 bits per heavy atom. The number of nitrogens with zero attached hydrogens (tertiary/aromatic N) is 2. The normalized spacial score (nSPS) is 12.7. The molecule has 0 radical (unpaired) electrons.